The van der Waals surface area contributed by atoms with Crippen LogP contribution in [0.3, 0.4) is 0 Å². The molecule has 2 aromatic carbocycles. The molecule has 162 valence electrons. The van der Waals surface area contributed by atoms with E-state index in [-0.39, 0.29) is 35.3 Å². The molecule has 0 spiro atoms. The number of hydrogen-bond donors (Lipinski definition) is 1. The van der Waals surface area contributed by atoms with Crippen molar-refractivity contribution in [2.75, 3.05) is 27.1 Å². The quantitative estimate of drug-likeness (QED) is 0.242. The van der Waals surface area contributed by atoms with Crippen molar-refractivity contribution in [3.63, 3.8) is 0 Å². The summed E-state index contributed by atoms with van der Waals surface area (Å²) in [5, 5.41) is 18.6. The number of ether oxygens (including phenoxy) is 4. The van der Waals surface area contributed by atoms with Crippen molar-refractivity contribution >= 4 is 17.3 Å². The number of carbonyl (C=O) groups is 1. The standard InChI is InChI=1S/C19H18N4O8/c1-27-14-6-10(7-15(28-2)17(14)29-3)18-22-21-16(31-18)9-30-19(24)12-8-11(23(25)26)4-5-13(12)20/h4-8H,9,20H2,1-3H3. The van der Waals surface area contributed by atoms with Crippen LogP contribution in [0.15, 0.2) is 34.7 Å². The van der Waals surface area contributed by atoms with Gasteiger partial charge in [-0.1, -0.05) is 0 Å². The number of carbonyl (C=O) groups excluding carboxylic acids is 1. The summed E-state index contributed by atoms with van der Waals surface area (Å²) in [6, 6.07) is 6.72. The summed E-state index contributed by atoms with van der Waals surface area (Å²) in [5.74, 6) is 0.445. The van der Waals surface area contributed by atoms with Crippen molar-refractivity contribution in [1.82, 2.24) is 10.2 Å². The molecule has 1 heterocycles. The Labute approximate surface area is 175 Å². The zero-order valence-corrected chi connectivity index (χ0v) is 16.8. The summed E-state index contributed by atoms with van der Waals surface area (Å²) in [6.07, 6.45) is 0. The summed E-state index contributed by atoms with van der Waals surface area (Å²) in [5.41, 5.74) is 5.81. The molecule has 31 heavy (non-hydrogen) atoms. The molecule has 2 N–H and O–H groups in total. The number of rotatable bonds is 8. The van der Waals surface area contributed by atoms with Gasteiger partial charge in [0.05, 0.1) is 31.8 Å². The molecule has 12 heteroatoms. The lowest BCUT2D eigenvalue weighted by Crippen LogP contribution is -2.09. The molecule has 3 rings (SSSR count). The Kier molecular flexibility index (Phi) is 6.19. The zero-order valence-electron chi connectivity index (χ0n) is 16.8. The Bertz CT molecular complexity index is 1100. The number of nitrogens with two attached hydrogens (primary N) is 1. The van der Waals surface area contributed by atoms with Crippen LogP contribution >= 0.6 is 0 Å². The Balaban J connectivity index is 1.77. The SMILES string of the molecule is COc1cc(-c2nnc(COC(=O)c3cc([N+](=O)[O-])ccc3N)o2)cc(OC)c1OC. The van der Waals surface area contributed by atoms with E-state index < -0.39 is 10.9 Å². The van der Waals surface area contributed by atoms with E-state index in [1.807, 2.05) is 0 Å². The van der Waals surface area contributed by atoms with Crippen LogP contribution in [0.1, 0.15) is 16.2 Å². The number of nitro benzene ring substituents is 1. The van der Waals surface area contributed by atoms with Crippen molar-refractivity contribution in [1.29, 1.82) is 0 Å². The molecule has 0 amide bonds. The van der Waals surface area contributed by atoms with Crippen molar-refractivity contribution in [3.05, 3.63) is 51.9 Å². The van der Waals surface area contributed by atoms with Crippen molar-refractivity contribution in [3.8, 4) is 28.7 Å². The molecule has 0 unspecified atom stereocenters. The summed E-state index contributed by atoms with van der Waals surface area (Å²) >= 11 is 0. The summed E-state index contributed by atoms with van der Waals surface area (Å²) < 4.78 is 26.5. The maximum Gasteiger partial charge on any atom is 0.341 e. The Morgan fingerprint density at radius 2 is 1.77 bits per heavy atom. The minimum atomic E-state index is -0.867. The van der Waals surface area contributed by atoms with Gasteiger partial charge in [0.1, 0.15) is 0 Å². The van der Waals surface area contributed by atoms with Crippen LogP contribution < -0.4 is 19.9 Å². The zero-order chi connectivity index (χ0) is 22.5. The fraction of sp³-hybridized carbons (Fsp3) is 0.211. The molecule has 0 fully saturated rings. The van der Waals surface area contributed by atoms with Crippen molar-refractivity contribution in [2.24, 2.45) is 0 Å². The molecule has 0 bridgehead atoms. The van der Waals surface area contributed by atoms with E-state index in [2.05, 4.69) is 10.2 Å². The van der Waals surface area contributed by atoms with E-state index in [1.165, 1.54) is 33.5 Å². The first-order valence-corrected chi connectivity index (χ1v) is 8.71. The molecule has 0 aliphatic heterocycles. The number of methoxy groups -OCH3 is 3. The van der Waals surface area contributed by atoms with Crippen LogP contribution in [0.25, 0.3) is 11.5 Å². The Morgan fingerprint density at radius 3 is 2.35 bits per heavy atom. The van der Waals surface area contributed by atoms with E-state index in [9.17, 15) is 14.9 Å². The van der Waals surface area contributed by atoms with Gasteiger partial charge in [-0.3, -0.25) is 10.1 Å². The third-order valence-electron chi connectivity index (χ3n) is 4.17. The van der Waals surface area contributed by atoms with Gasteiger partial charge < -0.3 is 29.1 Å². The minimum absolute atomic E-state index is 0.00102. The predicted octanol–water partition coefficient (Wildman–Crippen LogP) is 2.61. The smallest absolute Gasteiger partial charge is 0.341 e. The third kappa shape index (κ3) is 4.47. The number of nitrogen functional groups attached to an aromatic ring is 1. The second-order valence-corrected chi connectivity index (χ2v) is 6.02. The van der Waals surface area contributed by atoms with Crippen LogP contribution in [-0.4, -0.2) is 42.4 Å². The highest BCUT2D eigenvalue weighted by Gasteiger charge is 2.20. The number of hydrogen-bond acceptors (Lipinski definition) is 11. The number of nitro groups is 1. The van der Waals surface area contributed by atoms with Crippen LogP contribution in [-0.2, 0) is 11.3 Å². The Hall–Kier alpha value is -4.35. The van der Waals surface area contributed by atoms with Gasteiger partial charge in [-0.25, -0.2) is 4.79 Å². The number of esters is 1. The van der Waals surface area contributed by atoms with Gasteiger partial charge >= 0.3 is 5.97 Å². The molecule has 0 saturated heterocycles. The molecule has 0 radical (unpaired) electrons. The first-order chi connectivity index (χ1) is 14.9. The van der Waals surface area contributed by atoms with Crippen LogP contribution in [0.4, 0.5) is 11.4 Å². The monoisotopic (exact) mass is 430 g/mol. The molecule has 3 aromatic rings. The lowest BCUT2D eigenvalue weighted by molar-refractivity contribution is -0.384. The highest BCUT2D eigenvalue weighted by atomic mass is 16.6. The molecular weight excluding hydrogens is 412 g/mol. The average Bonchev–Trinajstić information content (AvgIpc) is 3.25. The molecule has 0 saturated carbocycles. The first kappa shape index (κ1) is 21.4. The van der Waals surface area contributed by atoms with E-state index in [4.69, 9.17) is 29.1 Å². The number of anilines is 1. The molecule has 0 atom stereocenters. The lowest BCUT2D eigenvalue weighted by atomic mass is 10.1. The number of aromatic nitrogens is 2. The van der Waals surface area contributed by atoms with Crippen LogP contribution in [0, 0.1) is 10.1 Å². The average molecular weight is 430 g/mol. The minimum Gasteiger partial charge on any atom is -0.493 e. The third-order valence-corrected chi connectivity index (χ3v) is 4.17. The normalized spacial score (nSPS) is 10.4. The molecule has 0 aliphatic rings. The first-order valence-electron chi connectivity index (χ1n) is 8.71. The fourth-order valence-corrected chi connectivity index (χ4v) is 2.67. The largest absolute Gasteiger partial charge is 0.493 e. The van der Waals surface area contributed by atoms with Crippen molar-refractivity contribution < 1.29 is 33.1 Å². The van der Waals surface area contributed by atoms with Crippen LogP contribution in [0.2, 0.25) is 0 Å². The van der Waals surface area contributed by atoms with E-state index >= 15 is 0 Å². The summed E-state index contributed by atoms with van der Waals surface area (Å²) in [4.78, 5) is 22.5. The number of benzene rings is 2. The van der Waals surface area contributed by atoms with Gasteiger partial charge in [-0.15, -0.1) is 10.2 Å². The van der Waals surface area contributed by atoms with Gasteiger partial charge in [0.15, 0.2) is 18.1 Å². The lowest BCUT2D eigenvalue weighted by Gasteiger charge is -2.12. The van der Waals surface area contributed by atoms with Gasteiger partial charge in [0.25, 0.3) is 11.6 Å². The summed E-state index contributed by atoms with van der Waals surface area (Å²) in [6.45, 7) is -0.363. The highest BCUT2D eigenvalue weighted by Crippen LogP contribution is 2.40. The van der Waals surface area contributed by atoms with Gasteiger partial charge in [0, 0.05) is 23.4 Å². The van der Waals surface area contributed by atoms with Gasteiger partial charge in [0.2, 0.25) is 11.6 Å². The molecule has 1 aromatic heterocycles. The Morgan fingerprint density at radius 1 is 1.10 bits per heavy atom. The summed E-state index contributed by atoms with van der Waals surface area (Å²) in [7, 11) is 4.42. The van der Waals surface area contributed by atoms with E-state index in [1.54, 1.807) is 12.1 Å². The van der Waals surface area contributed by atoms with Gasteiger partial charge in [-0.2, -0.15) is 0 Å². The van der Waals surface area contributed by atoms with E-state index in [0.29, 0.717) is 22.8 Å². The molecular formula is C19H18N4O8. The maximum absolute atomic E-state index is 12.3. The predicted molar refractivity (Wildman–Crippen MR) is 106 cm³/mol. The van der Waals surface area contributed by atoms with Crippen LogP contribution in [0.5, 0.6) is 17.2 Å². The number of nitrogens with zero attached hydrogens (tertiary/aromatic N) is 3. The van der Waals surface area contributed by atoms with E-state index in [0.717, 1.165) is 6.07 Å². The second-order valence-electron chi connectivity index (χ2n) is 6.02. The molecule has 0 aliphatic carbocycles. The second kappa shape index (κ2) is 8.98. The molecule has 12 nitrogen and oxygen atoms in total. The topological polar surface area (TPSA) is 162 Å². The van der Waals surface area contributed by atoms with Crippen molar-refractivity contribution in [2.45, 2.75) is 6.61 Å². The maximum atomic E-state index is 12.3. The number of non-ortho nitro benzene ring substituents is 1. The van der Waals surface area contributed by atoms with Gasteiger partial charge in [-0.05, 0) is 18.2 Å². The highest BCUT2D eigenvalue weighted by molar-refractivity contribution is 5.95. The fourth-order valence-electron chi connectivity index (χ4n) is 2.67.